The highest BCUT2D eigenvalue weighted by atomic mass is 16.6. The maximum Gasteiger partial charge on any atom is 0.410 e. The summed E-state index contributed by atoms with van der Waals surface area (Å²) in [4.78, 5) is 13.7. The molecule has 0 spiro atoms. The van der Waals surface area contributed by atoms with Crippen LogP contribution >= 0.6 is 0 Å². The number of rotatable bonds is 6. The second-order valence-electron chi connectivity index (χ2n) is 6.07. The Morgan fingerprint density at radius 1 is 1.32 bits per heavy atom. The van der Waals surface area contributed by atoms with Gasteiger partial charge in [0.05, 0.1) is 6.04 Å². The number of aliphatic hydroxyl groups excluding tert-OH is 1. The number of carbonyl (C=O) groups is 1. The Labute approximate surface area is 131 Å². The Bertz CT molecular complexity index is 500. The summed E-state index contributed by atoms with van der Waals surface area (Å²) in [6, 6.07) is 7.70. The summed E-state index contributed by atoms with van der Waals surface area (Å²) >= 11 is 0. The number of aryl methyl sites for hydroxylation is 1. The topological polar surface area (TPSA) is 59.0 Å². The van der Waals surface area contributed by atoms with Crippen LogP contribution in [0.4, 0.5) is 4.79 Å². The second-order valence-corrected chi connectivity index (χ2v) is 6.07. The Morgan fingerprint density at radius 3 is 2.45 bits per heavy atom. The Hall–Kier alpha value is -1.75. The molecule has 122 valence electrons. The predicted molar refractivity (Wildman–Crippen MR) is 84.0 cm³/mol. The molecule has 1 aromatic carbocycles. The first kappa shape index (κ1) is 16.6. The van der Waals surface area contributed by atoms with Gasteiger partial charge >= 0.3 is 6.09 Å². The average Bonchev–Trinajstić information content (AvgIpc) is 2.76. The van der Waals surface area contributed by atoms with Crippen molar-refractivity contribution in [3.8, 4) is 5.75 Å². The van der Waals surface area contributed by atoms with Gasteiger partial charge in [0.1, 0.15) is 11.9 Å². The maximum atomic E-state index is 12.0. The van der Waals surface area contributed by atoms with Crippen LogP contribution in [0.25, 0.3) is 0 Å². The number of ether oxygens (including phenoxy) is 2. The van der Waals surface area contributed by atoms with E-state index in [1.807, 2.05) is 52.0 Å². The molecule has 1 aliphatic heterocycles. The molecule has 1 saturated heterocycles. The highest BCUT2D eigenvalue weighted by Gasteiger charge is 2.45. The SMILES string of the molecule is Cc1ccc(O[C@@H](CCO)C2OC(=O)N(C(C)C)C2C)cc1. The number of amides is 1. The molecule has 1 fully saturated rings. The molecule has 1 amide bonds. The van der Waals surface area contributed by atoms with Gasteiger partial charge in [-0.3, -0.25) is 4.90 Å². The van der Waals surface area contributed by atoms with Gasteiger partial charge in [0.25, 0.3) is 0 Å². The first-order valence-corrected chi connectivity index (χ1v) is 7.77. The molecule has 1 N–H and O–H groups in total. The van der Waals surface area contributed by atoms with Gasteiger partial charge in [-0.05, 0) is 39.8 Å². The van der Waals surface area contributed by atoms with Crippen LogP contribution in [-0.4, -0.2) is 47.0 Å². The van der Waals surface area contributed by atoms with Gasteiger partial charge in [-0.1, -0.05) is 17.7 Å². The summed E-state index contributed by atoms with van der Waals surface area (Å²) in [5, 5.41) is 9.31. The zero-order chi connectivity index (χ0) is 16.3. The van der Waals surface area contributed by atoms with Crippen LogP contribution in [0.5, 0.6) is 5.75 Å². The molecule has 5 heteroatoms. The third kappa shape index (κ3) is 3.53. The van der Waals surface area contributed by atoms with E-state index >= 15 is 0 Å². The number of nitrogens with zero attached hydrogens (tertiary/aromatic N) is 1. The van der Waals surface area contributed by atoms with Crippen molar-refractivity contribution in [3.05, 3.63) is 29.8 Å². The minimum absolute atomic E-state index is 0.0149. The van der Waals surface area contributed by atoms with Crippen LogP contribution in [-0.2, 0) is 4.74 Å². The molecule has 1 heterocycles. The molecule has 22 heavy (non-hydrogen) atoms. The molecule has 0 radical (unpaired) electrons. The van der Waals surface area contributed by atoms with Crippen molar-refractivity contribution in [1.29, 1.82) is 0 Å². The fraction of sp³-hybridized carbons (Fsp3) is 0.588. The monoisotopic (exact) mass is 307 g/mol. The lowest BCUT2D eigenvalue weighted by molar-refractivity contribution is 0.0215. The van der Waals surface area contributed by atoms with Gasteiger partial charge in [0.15, 0.2) is 6.10 Å². The van der Waals surface area contributed by atoms with Crippen LogP contribution in [0.2, 0.25) is 0 Å². The van der Waals surface area contributed by atoms with E-state index in [1.54, 1.807) is 4.90 Å². The van der Waals surface area contributed by atoms with Crippen LogP contribution in [0.3, 0.4) is 0 Å². The average molecular weight is 307 g/mol. The number of hydrogen-bond acceptors (Lipinski definition) is 4. The van der Waals surface area contributed by atoms with Crippen molar-refractivity contribution in [2.45, 2.75) is 58.4 Å². The normalized spacial score (nSPS) is 22.8. The summed E-state index contributed by atoms with van der Waals surface area (Å²) in [5.41, 5.74) is 1.15. The number of cyclic esters (lactones) is 1. The summed E-state index contributed by atoms with van der Waals surface area (Å²) in [5.74, 6) is 0.718. The van der Waals surface area contributed by atoms with Crippen molar-refractivity contribution >= 4 is 6.09 Å². The largest absolute Gasteiger partial charge is 0.486 e. The van der Waals surface area contributed by atoms with Crippen LogP contribution in [0.1, 0.15) is 32.8 Å². The standard InChI is InChI=1S/C17H25NO4/c1-11(2)18-13(4)16(22-17(18)20)15(9-10-19)21-14-7-5-12(3)6-8-14/h5-8,11,13,15-16,19H,9-10H2,1-4H3/t13?,15-,16?/m0/s1. The Morgan fingerprint density at radius 2 is 1.95 bits per heavy atom. The number of benzene rings is 1. The van der Waals surface area contributed by atoms with Crippen molar-refractivity contribution in [2.75, 3.05) is 6.61 Å². The summed E-state index contributed by atoms with van der Waals surface area (Å²) in [7, 11) is 0. The lowest BCUT2D eigenvalue weighted by atomic mass is 10.0. The minimum atomic E-state index is -0.386. The molecular formula is C17H25NO4. The molecule has 2 unspecified atom stereocenters. The van der Waals surface area contributed by atoms with E-state index in [0.717, 1.165) is 11.3 Å². The van der Waals surface area contributed by atoms with E-state index in [9.17, 15) is 9.90 Å². The van der Waals surface area contributed by atoms with Crippen LogP contribution < -0.4 is 4.74 Å². The number of carbonyl (C=O) groups excluding carboxylic acids is 1. The zero-order valence-electron chi connectivity index (χ0n) is 13.7. The van der Waals surface area contributed by atoms with Gasteiger partial charge in [0, 0.05) is 19.1 Å². The van der Waals surface area contributed by atoms with Crippen molar-refractivity contribution in [2.24, 2.45) is 0 Å². The highest BCUT2D eigenvalue weighted by molar-refractivity contribution is 5.71. The van der Waals surface area contributed by atoms with Crippen molar-refractivity contribution in [3.63, 3.8) is 0 Å². The molecule has 3 atom stereocenters. The third-order valence-corrected chi connectivity index (χ3v) is 4.01. The van der Waals surface area contributed by atoms with Crippen molar-refractivity contribution in [1.82, 2.24) is 4.90 Å². The first-order chi connectivity index (χ1) is 10.4. The molecule has 5 nitrogen and oxygen atoms in total. The van der Waals surface area contributed by atoms with E-state index in [4.69, 9.17) is 9.47 Å². The maximum absolute atomic E-state index is 12.0. The lowest BCUT2D eigenvalue weighted by Gasteiger charge is -2.28. The van der Waals surface area contributed by atoms with E-state index < -0.39 is 0 Å². The van der Waals surface area contributed by atoms with Gasteiger partial charge in [-0.2, -0.15) is 0 Å². The number of aliphatic hydroxyl groups is 1. The van der Waals surface area contributed by atoms with Gasteiger partial charge in [0.2, 0.25) is 0 Å². The van der Waals surface area contributed by atoms with E-state index in [1.165, 1.54) is 0 Å². The summed E-state index contributed by atoms with van der Waals surface area (Å²) in [6.45, 7) is 7.87. The number of hydrogen-bond donors (Lipinski definition) is 1. The first-order valence-electron chi connectivity index (χ1n) is 7.77. The Kier molecular flexibility index (Phi) is 5.29. The fourth-order valence-electron chi connectivity index (χ4n) is 2.88. The molecule has 0 saturated carbocycles. The van der Waals surface area contributed by atoms with Gasteiger partial charge in [-0.15, -0.1) is 0 Å². The molecule has 2 rings (SSSR count). The molecule has 0 aromatic heterocycles. The second kappa shape index (κ2) is 7.01. The lowest BCUT2D eigenvalue weighted by Crippen LogP contribution is -2.44. The minimum Gasteiger partial charge on any atom is -0.486 e. The molecule has 1 aromatic rings. The smallest absolute Gasteiger partial charge is 0.410 e. The summed E-state index contributed by atoms with van der Waals surface area (Å²) < 4.78 is 11.5. The summed E-state index contributed by atoms with van der Waals surface area (Å²) in [6.07, 6.45) is -0.649. The Balaban J connectivity index is 2.14. The highest BCUT2D eigenvalue weighted by Crippen LogP contribution is 2.28. The van der Waals surface area contributed by atoms with Crippen LogP contribution in [0.15, 0.2) is 24.3 Å². The zero-order valence-corrected chi connectivity index (χ0v) is 13.7. The van der Waals surface area contributed by atoms with E-state index in [2.05, 4.69) is 0 Å². The quantitative estimate of drug-likeness (QED) is 0.878. The fourth-order valence-corrected chi connectivity index (χ4v) is 2.88. The molecule has 0 bridgehead atoms. The van der Waals surface area contributed by atoms with Gasteiger partial charge < -0.3 is 14.6 Å². The van der Waals surface area contributed by atoms with Crippen molar-refractivity contribution < 1.29 is 19.4 Å². The van der Waals surface area contributed by atoms with Gasteiger partial charge in [-0.25, -0.2) is 4.79 Å². The molecule has 1 aliphatic rings. The molecule has 0 aliphatic carbocycles. The third-order valence-electron chi connectivity index (χ3n) is 4.01. The molecular weight excluding hydrogens is 282 g/mol. The van der Waals surface area contributed by atoms with E-state index in [0.29, 0.717) is 6.42 Å². The van der Waals surface area contributed by atoms with E-state index in [-0.39, 0.29) is 37.0 Å². The predicted octanol–water partition coefficient (Wildman–Crippen LogP) is 2.74. The van der Waals surface area contributed by atoms with Crippen LogP contribution in [0, 0.1) is 6.92 Å².